The molecule has 1 aromatic heterocycles. The molecule has 0 spiro atoms. The van der Waals surface area contributed by atoms with Gasteiger partial charge in [0.25, 0.3) is 0 Å². The summed E-state index contributed by atoms with van der Waals surface area (Å²) in [6.45, 7) is 7.83. The van der Waals surface area contributed by atoms with Crippen LogP contribution in [0.15, 0.2) is 17.1 Å². The molecular weight excluding hydrogens is 346 g/mol. The van der Waals surface area contributed by atoms with Gasteiger partial charge in [0.2, 0.25) is 5.91 Å². The summed E-state index contributed by atoms with van der Waals surface area (Å²) >= 11 is 7.67. The highest BCUT2D eigenvalue weighted by Gasteiger charge is 2.20. The molecule has 0 unspecified atom stereocenters. The number of piperazine rings is 1. The van der Waals surface area contributed by atoms with Crippen LogP contribution < -0.4 is 10.2 Å². The van der Waals surface area contributed by atoms with E-state index in [1.807, 2.05) is 12.1 Å². The summed E-state index contributed by atoms with van der Waals surface area (Å²) in [5.74, 6) is 1.71. The van der Waals surface area contributed by atoms with Crippen molar-refractivity contribution in [2.24, 2.45) is 4.99 Å². The van der Waals surface area contributed by atoms with Gasteiger partial charge in [-0.3, -0.25) is 9.79 Å². The van der Waals surface area contributed by atoms with Crippen molar-refractivity contribution in [3.8, 4) is 0 Å². The number of carbonyl (C=O) groups excluding carboxylic acids is 1. The molecule has 1 N–H and O–H groups in total. The zero-order valence-corrected chi connectivity index (χ0v) is 15.4. The molecule has 0 aromatic carbocycles. The van der Waals surface area contributed by atoms with E-state index in [-0.39, 0.29) is 5.91 Å². The number of nitrogens with one attached hydrogen (secondary N) is 1. The van der Waals surface area contributed by atoms with E-state index in [2.05, 4.69) is 32.0 Å². The summed E-state index contributed by atoms with van der Waals surface area (Å²) in [4.78, 5) is 25.1. The number of hydrogen-bond donors (Lipinski definition) is 1. The molecule has 130 valence electrons. The molecule has 2 aliphatic rings. The van der Waals surface area contributed by atoms with Crippen LogP contribution in [0.5, 0.6) is 0 Å². The van der Waals surface area contributed by atoms with Crippen LogP contribution in [-0.4, -0.2) is 60.2 Å². The number of amidine groups is 1. The molecule has 0 aliphatic carbocycles. The SMILES string of the molecule is CCN1CCN(c2nc(Cl)ccc2CSC2=NCCC(=O)N2)CC1. The number of aliphatic imine (C=N–C) groups is 1. The second-order valence-corrected chi connectivity index (χ2v) is 7.16. The Morgan fingerprint density at radius 3 is 2.79 bits per heavy atom. The van der Waals surface area contributed by atoms with Crippen molar-refractivity contribution in [3.63, 3.8) is 0 Å². The van der Waals surface area contributed by atoms with Crippen molar-refractivity contribution in [1.82, 2.24) is 15.2 Å². The number of nitrogens with zero attached hydrogens (tertiary/aromatic N) is 4. The number of halogens is 1. The van der Waals surface area contributed by atoms with E-state index >= 15 is 0 Å². The first-order valence-corrected chi connectivity index (χ1v) is 9.62. The summed E-state index contributed by atoms with van der Waals surface area (Å²) < 4.78 is 0. The Hall–Kier alpha value is -1.31. The second kappa shape index (κ2) is 8.18. The van der Waals surface area contributed by atoms with Gasteiger partial charge in [-0.25, -0.2) is 4.98 Å². The van der Waals surface area contributed by atoms with Gasteiger partial charge < -0.3 is 15.1 Å². The fourth-order valence-electron chi connectivity index (χ4n) is 2.82. The highest BCUT2D eigenvalue weighted by Crippen LogP contribution is 2.26. The number of pyridine rings is 1. The van der Waals surface area contributed by atoms with Crippen LogP contribution in [0, 0.1) is 0 Å². The summed E-state index contributed by atoms with van der Waals surface area (Å²) in [5.41, 5.74) is 1.12. The summed E-state index contributed by atoms with van der Waals surface area (Å²) in [6.07, 6.45) is 0.472. The number of anilines is 1. The van der Waals surface area contributed by atoms with Crippen molar-refractivity contribution in [2.45, 2.75) is 19.1 Å². The van der Waals surface area contributed by atoms with Gasteiger partial charge in [-0.05, 0) is 12.6 Å². The number of thioether (sulfide) groups is 1. The minimum Gasteiger partial charge on any atom is -0.354 e. The molecule has 8 heteroatoms. The minimum atomic E-state index is 0.0395. The van der Waals surface area contributed by atoms with E-state index in [1.54, 1.807) is 11.8 Å². The molecule has 0 radical (unpaired) electrons. The Balaban J connectivity index is 1.69. The normalized spacial score (nSPS) is 19.2. The van der Waals surface area contributed by atoms with Crippen molar-refractivity contribution >= 4 is 40.3 Å². The van der Waals surface area contributed by atoms with Crippen molar-refractivity contribution in [3.05, 3.63) is 22.8 Å². The lowest BCUT2D eigenvalue weighted by atomic mass is 10.2. The third-order valence-electron chi connectivity index (χ3n) is 4.25. The van der Waals surface area contributed by atoms with Crippen molar-refractivity contribution in [2.75, 3.05) is 44.2 Å². The number of carbonyl (C=O) groups is 1. The van der Waals surface area contributed by atoms with Gasteiger partial charge >= 0.3 is 0 Å². The van der Waals surface area contributed by atoms with Crippen molar-refractivity contribution in [1.29, 1.82) is 0 Å². The quantitative estimate of drug-likeness (QED) is 0.824. The largest absolute Gasteiger partial charge is 0.354 e. The van der Waals surface area contributed by atoms with Crippen molar-refractivity contribution < 1.29 is 4.79 Å². The fourth-order valence-corrected chi connectivity index (χ4v) is 3.85. The number of rotatable bonds is 4. The Morgan fingerprint density at radius 2 is 2.08 bits per heavy atom. The first-order valence-electron chi connectivity index (χ1n) is 8.25. The average Bonchev–Trinajstić information content (AvgIpc) is 2.61. The molecule has 1 saturated heterocycles. The zero-order chi connectivity index (χ0) is 16.9. The molecule has 2 aliphatic heterocycles. The standard InChI is InChI=1S/C16H22ClN5OS/c1-2-21-7-9-22(10-8-21)15-12(3-4-13(17)19-15)11-24-16-18-6-5-14(23)20-16/h3-4H,2,5-11H2,1H3,(H,18,20,23). The molecule has 3 rings (SSSR count). The van der Waals surface area contributed by atoms with Crippen LogP contribution >= 0.6 is 23.4 Å². The number of amides is 1. The predicted molar refractivity (Wildman–Crippen MR) is 99.9 cm³/mol. The van der Waals surface area contributed by atoms with E-state index < -0.39 is 0 Å². The monoisotopic (exact) mass is 367 g/mol. The fraction of sp³-hybridized carbons (Fsp3) is 0.562. The second-order valence-electron chi connectivity index (χ2n) is 5.81. The Labute approximate surface area is 151 Å². The van der Waals surface area contributed by atoms with E-state index in [4.69, 9.17) is 11.6 Å². The molecule has 24 heavy (non-hydrogen) atoms. The molecular formula is C16H22ClN5OS. The summed E-state index contributed by atoms with van der Waals surface area (Å²) in [5, 5.41) is 4.03. The highest BCUT2D eigenvalue weighted by atomic mass is 35.5. The Kier molecular flexibility index (Phi) is 5.97. The lowest BCUT2D eigenvalue weighted by molar-refractivity contribution is -0.119. The van der Waals surface area contributed by atoms with E-state index in [9.17, 15) is 4.79 Å². The van der Waals surface area contributed by atoms with Gasteiger partial charge in [-0.2, -0.15) is 0 Å². The number of aromatic nitrogens is 1. The summed E-state index contributed by atoms with van der Waals surface area (Å²) in [6, 6.07) is 3.85. The Morgan fingerprint density at radius 1 is 1.29 bits per heavy atom. The average molecular weight is 368 g/mol. The third kappa shape index (κ3) is 4.40. The lowest BCUT2D eigenvalue weighted by Gasteiger charge is -2.35. The predicted octanol–water partition coefficient (Wildman–Crippen LogP) is 1.99. The number of likely N-dealkylation sites (N-methyl/N-ethyl adjacent to an activating group) is 1. The lowest BCUT2D eigenvalue weighted by Crippen LogP contribution is -2.46. The van der Waals surface area contributed by atoms with Crippen LogP contribution in [0.4, 0.5) is 5.82 Å². The molecule has 0 bridgehead atoms. The smallest absolute Gasteiger partial charge is 0.227 e. The molecule has 0 atom stereocenters. The maximum Gasteiger partial charge on any atom is 0.227 e. The van der Waals surface area contributed by atoms with E-state index in [1.165, 1.54) is 0 Å². The van der Waals surface area contributed by atoms with Crippen LogP contribution in [0.1, 0.15) is 18.9 Å². The third-order valence-corrected chi connectivity index (χ3v) is 5.42. The molecule has 1 amide bonds. The van der Waals surface area contributed by atoms with Gasteiger partial charge in [0.05, 0.1) is 6.54 Å². The molecule has 6 nitrogen and oxygen atoms in total. The van der Waals surface area contributed by atoms with E-state index in [0.29, 0.717) is 29.0 Å². The van der Waals surface area contributed by atoms with Gasteiger partial charge in [0, 0.05) is 43.9 Å². The maximum atomic E-state index is 11.5. The van der Waals surface area contributed by atoms with Crippen LogP contribution in [-0.2, 0) is 10.5 Å². The first-order chi connectivity index (χ1) is 11.7. The van der Waals surface area contributed by atoms with E-state index in [0.717, 1.165) is 44.1 Å². The maximum absolute atomic E-state index is 11.5. The minimum absolute atomic E-state index is 0.0395. The van der Waals surface area contributed by atoms with Crippen LogP contribution in [0.2, 0.25) is 5.15 Å². The molecule has 0 saturated carbocycles. The highest BCUT2D eigenvalue weighted by molar-refractivity contribution is 8.13. The number of hydrogen-bond acceptors (Lipinski definition) is 6. The summed E-state index contributed by atoms with van der Waals surface area (Å²) in [7, 11) is 0. The van der Waals surface area contributed by atoms with Gasteiger partial charge in [-0.1, -0.05) is 36.4 Å². The molecule has 3 heterocycles. The van der Waals surface area contributed by atoms with Gasteiger partial charge in [0.1, 0.15) is 11.0 Å². The van der Waals surface area contributed by atoms with Gasteiger partial charge in [-0.15, -0.1) is 0 Å². The zero-order valence-electron chi connectivity index (χ0n) is 13.8. The van der Waals surface area contributed by atoms with Gasteiger partial charge in [0.15, 0.2) is 5.17 Å². The first kappa shape index (κ1) is 17.5. The Bertz CT molecular complexity index is 631. The van der Waals surface area contributed by atoms with Crippen LogP contribution in [0.25, 0.3) is 0 Å². The molecule has 1 aromatic rings. The van der Waals surface area contributed by atoms with Crippen LogP contribution in [0.3, 0.4) is 0 Å². The topological polar surface area (TPSA) is 60.8 Å². The molecule has 1 fully saturated rings.